The Hall–Kier alpha value is -3.26. The molecule has 2 aromatic rings. The van der Waals surface area contributed by atoms with Crippen LogP contribution in [0.2, 0.25) is 0 Å². The van der Waals surface area contributed by atoms with E-state index >= 15 is 0 Å². The molecule has 0 saturated heterocycles. The first-order chi connectivity index (χ1) is 11.0. The molecule has 1 aliphatic heterocycles. The zero-order chi connectivity index (χ0) is 16.6. The number of carboxylic acid groups (broad SMARTS) is 1. The summed E-state index contributed by atoms with van der Waals surface area (Å²) >= 11 is 0. The van der Waals surface area contributed by atoms with Gasteiger partial charge in [0.15, 0.2) is 0 Å². The number of rotatable bonds is 3. The van der Waals surface area contributed by atoms with Crippen molar-refractivity contribution in [3.63, 3.8) is 0 Å². The van der Waals surface area contributed by atoms with E-state index < -0.39 is 12.0 Å². The highest BCUT2D eigenvalue weighted by Gasteiger charge is 2.32. The number of ether oxygens (including phenoxy) is 1. The fraction of sp³-hybridized carbons (Fsp3) is 0.0667. The lowest BCUT2D eigenvalue weighted by atomic mass is 10.1. The highest BCUT2D eigenvalue weighted by Crippen LogP contribution is 2.37. The Morgan fingerprint density at radius 3 is 2.65 bits per heavy atom. The predicted molar refractivity (Wildman–Crippen MR) is 79.5 cm³/mol. The van der Waals surface area contributed by atoms with Crippen LogP contribution < -0.4 is 25.3 Å². The van der Waals surface area contributed by atoms with E-state index in [9.17, 15) is 19.9 Å². The Kier molecular flexibility index (Phi) is 3.51. The summed E-state index contributed by atoms with van der Waals surface area (Å²) in [5, 5.41) is 25.5. The molecule has 1 heterocycles. The number of methoxy groups -OCH3 is 1. The number of hydrogen-bond acceptors (Lipinski definition) is 6. The van der Waals surface area contributed by atoms with Gasteiger partial charge in [0.05, 0.1) is 18.8 Å². The molecule has 0 aliphatic carbocycles. The fourth-order valence-electron chi connectivity index (χ4n) is 2.31. The average Bonchev–Trinajstić information content (AvgIpc) is 2.54. The van der Waals surface area contributed by atoms with Crippen LogP contribution in [-0.2, 0) is 0 Å². The molecular formula is C15H12N3O5-. The molecule has 23 heavy (non-hydrogen) atoms. The number of hydrazine groups is 1. The van der Waals surface area contributed by atoms with Gasteiger partial charge in [-0.2, -0.15) is 10.2 Å². The van der Waals surface area contributed by atoms with Crippen LogP contribution >= 0.6 is 0 Å². The Bertz CT molecular complexity index is 792. The summed E-state index contributed by atoms with van der Waals surface area (Å²) in [4.78, 5) is 23.4. The first-order valence-electron chi connectivity index (χ1n) is 6.61. The first kappa shape index (κ1) is 14.7. The zero-order valence-electron chi connectivity index (χ0n) is 12.0. The second-order valence-electron chi connectivity index (χ2n) is 4.72. The number of carbonyl (C=O) groups is 2. The van der Waals surface area contributed by atoms with Crippen molar-refractivity contribution in [2.45, 2.75) is 0 Å². The van der Waals surface area contributed by atoms with Gasteiger partial charge < -0.3 is 20.0 Å². The monoisotopic (exact) mass is 314 g/mol. The maximum absolute atomic E-state index is 12.3. The highest BCUT2D eigenvalue weighted by atomic mass is 16.6. The van der Waals surface area contributed by atoms with Gasteiger partial charge in [0.25, 0.3) is 0 Å². The summed E-state index contributed by atoms with van der Waals surface area (Å²) in [6.07, 6.45) is 0. The Morgan fingerprint density at radius 2 is 1.96 bits per heavy atom. The number of nitrogens with zero attached hydrogens (tertiary/aromatic N) is 2. The van der Waals surface area contributed by atoms with Crippen molar-refractivity contribution in [3.8, 4) is 5.75 Å². The maximum atomic E-state index is 12.3. The van der Waals surface area contributed by atoms with Gasteiger partial charge in [-0.3, -0.25) is 5.21 Å². The number of amides is 2. The van der Waals surface area contributed by atoms with Crippen LogP contribution in [0.15, 0.2) is 42.5 Å². The first-order valence-corrected chi connectivity index (χ1v) is 6.61. The fourth-order valence-corrected chi connectivity index (χ4v) is 2.31. The molecule has 2 N–H and O–H groups in total. The van der Waals surface area contributed by atoms with Crippen molar-refractivity contribution in [2.75, 3.05) is 22.6 Å². The number of carbonyl (C=O) groups excluding carboxylic acids is 2. The van der Waals surface area contributed by atoms with Crippen molar-refractivity contribution in [2.24, 2.45) is 0 Å². The Morgan fingerprint density at radius 1 is 1.22 bits per heavy atom. The van der Waals surface area contributed by atoms with Crippen LogP contribution in [0.3, 0.4) is 0 Å². The summed E-state index contributed by atoms with van der Waals surface area (Å²) in [7, 11) is 1.37. The third kappa shape index (κ3) is 2.40. The molecular weight excluding hydrogens is 302 g/mol. The lowest BCUT2D eigenvalue weighted by molar-refractivity contribution is -0.255. The van der Waals surface area contributed by atoms with Gasteiger partial charge >= 0.3 is 6.03 Å². The smallest absolute Gasteiger partial charge is 0.347 e. The molecule has 0 bridgehead atoms. The SMILES string of the molecule is COc1ccc(C(=O)[O-])cc1N1C(=O)Nc2ccccc2N1O. The number of aromatic carboxylic acids is 1. The van der Waals surface area contributed by atoms with Crippen molar-refractivity contribution in [1.82, 2.24) is 0 Å². The van der Waals surface area contributed by atoms with E-state index in [2.05, 4.69) is 5.32 Å². The molecule has 0 atom stereocenters. The van der Waals surface area contributed by atoms with Gasteiger partial charge in [0.2, 0.25) is 0 Å². The minimum atomic E-state index is -1.41. The molecule has 0 radical (unpaired) electrons. The molecule has 2 amide bonds. The topological polar surface area (TPSA) is 105 Å². The van der Waals surface area contributed by atoms with Crippen LogP contribution in [0.5, 0.6) is 5.75 Å². The van der Waals surface area contributed by atoms with E-state index in [0.29, 0.717) is 16.5 Å². The molecule has 2 aromatic carbocycles. The summed E-state index contributed by atoms with van der Waals surface area (Å²) in [6, 6.07) is 9.80. The van der Waals surface area contributed by atoms with Crippen LogP contribution in [-0.4, -0.2) is 24.3 Å². The number of hydrogen-bond donors (Lipinski definition) is 2. The zero-order valence-corrected chi connectivity index (χ0v) is 12.0. The van der Waals surface area contributed by atoms with Crippen molar-refractivity contribution in [1.29, 1.82) is 0 Å². The molecule has 3 rings (SSSR count). The van der Waals surface area contributed by atoms with E-state index in [1.807, 2.05) is 0 Å². The van der Waals surface area contributed by atoms with E-state index in [-0.39, 0.29) is 17.0 Å². The average molecular weight is 314 g/mol. The summed E-state index contributed by atoms with van der Waals surface area (Å²) in [5.74, 6) is -1.19. The van der Waals surface area contributed by atoms with Crippen molar-refractivity contribution < 1.29 is 24.6 Å². The van der Waals surface area contributed by atoms with Crippen LogP contribution in [0, 0.1) is 0 Å². The number of urea groups is 1. The van der Waals surface area contributed by atoms with Gasteiger partial charge in [0.1, 0.15) is 17.1 Å². The van der Waals surface area contributed by atoms with Crippen LogP contribution in [0.4, 0.5) is 21.9 Å². The predicted octanol–water partition coefficient (Wildman–Crippen LogP) is 1.22. The second kappa shape index (κ2) is 5.50. The molecule has 8 nitrogen and oxygen atoms in total. The third-order valence-electron chi connectivity index (χ3n) is 3.39. The van der Waals surface area contributed by atoms with Gasteiger partial charge in [-0.1, -0.05) is 12.1 Å². The lowest BCUT2D eigenvalue weighted by Gasteiger charge is -2.36. The number of anilines is 3. The third-order valence-corrected chi connectivity index (χ3v) is 3.39. The van der Waals surface area contributed by atoms with Crippen LogP contribution in [0.1, 0.15) is 10.4 Å². The molecule has 0 spiro atoms. The molecule has 0 aromatic heterocycles. The Labute approximate surface area is 131 Å². The molecule has 0 fully saturated rings. The molecule has 118 valence electrons. The van der Waals surface area contributed by atoms with E-state index in [4.69, 9.17) is 4.74 Å². The number of carboxylic acids is 1. The van der Waals surface area contributed by atoms with Gasteiger partial charge in [-0.25, -0.2) is 4.79 Å². The minimum Gasteiger partial charge on any atom is -0.545 e. The summed E-state index contributed by atoms with van der Waals surface area (Å²) in [5.41, 5.74) is 0.656. The van der Waals surface area contributed by atoms with Crippen molar-refractivity contribution >= 4 is 29.1 Å². The lowest BCUT2D eigenvalue weighted by Crippen LogP contribution is -2.51. The maximum Gasteiger partial charge on any atom is 0.347 e. The van der Waals surface area contributed by atoms with E-state index in [1.54, 1.807) is 24.3 Å². The quantitative estimate of drug-likeness (QED) is 0.882. The summed E-state index contributed by atoms with van der Waals surface area (Å²) in [6.45, 7) is 0. The standard InChI is InChI=1S/C15H13N3O5/c1-23-13-7-6-9(14(19)20)8-12(13)17-15(21)16-10-4-2-3-5-11(10)18(17)22/h2-8,22H,1H3,(H,16,21)(H,19,20)/p-1. The van der Waals surface area contributed by atoms with Gasteiger partial charge in [-0.05, 0) is 35.9 Å². The van der Waals surface area contributed by atoms with Crippen molar-refractivity contribution in [3.05, 3.63) is 48.0 Å². The van der Waals surface area contributed by atoms with E-state index in [1.165, 1.54) is 25.3 Å². The second-order valence-corrected chi connectivity index (χ2v) is 4.72. The highest BCUT2D eigenvalue weighted by molar-refractivity contribution is 6.09. The molecule has 1 aliphatic rings. The number of benzene rings is 2. The molecule has 8 heteroatoms. The van der Waals surface area contributed by atoms with Gasteiger partial charge in [0, 0.05) is 0 Å². The molecule has 0 saturated carbocycles. The minimum absolute atomic E-state index is 0.0590. The molecule has 0 unspecified atom stereocenters. The Balaban J connectivity index is 2.13. The number of para-hydroxylation sites is 2. The number of nitrogens with one attached hydrogen (secondary N) is 1. The summed E-state index contributed by atoms with van der Waals surface area (Å²) < 4.78 is 5.15. The normalized spacial score (nSPS) is 13.4. The largest absolute Gasteiger partial charge is 0.545 e. The van der Waals surface area contributed by atoms with Crippen LogP contribution in [0.25, 0.3) is 0 Å². The number of fused-ring (bicyclic) bond motifs is 1. The van der Waals surface area contributed by atoms with Gasteiger partial charge in [-0.15, -0.1) is 0 Å². The van der Waals surface area contributed by atoms with E-state index in [0.717, 1.165) is 5.01 Å².